The average Bonchev–Trinajstić information content (AvgIpc) is 2.44. The molecule has 1 heterocycles. The van der Waals surface area contributed by atoms with Crippen LogP contribution in [0.4, 0.5) is 4.39 Å². The fraction of sp³-hybridized carbons (Fsp3) is 0.647. The molecule has 112 valence electrons. The number of rotatable bonds is 4. The lowest BCUT2D eigenvalue weighted by atomic mass is 9.83. The summed E-state index contributed by atoms with van der Waals surface area (Å²) in [6.07, 6.45) is 3.16. The molecule has 1 saturated heterocycles. The molecule has 0 bridgehead atoms. The molecule has 1 aliphatic rings. The highest BCUT2D eigenvalue weighted by Crippen LogP contribution is 2.31. The van der Waals surface area contributed by atoms with Gasteiger partial charge in [-0.1, -0.05) is 25.1 Å². The van der Waals surface area contributed by atoms with Crippen LogP contribution in [-0.4, -0.2) is 29.6 Å². The molecule has 20 heavy (non-hydrogen) atoms. The van der Waals surface area contributed by atoms with Crippen LogP contribution < -0.4 is 5.73 Å². The highest BCUT2D eigenvalue weighted by molar-refractivity contribution is 5.20. The van der Waals surface area contributed by atoms with Gasteiger partial charge in [0, 0.05) is 18.1 Å². The summed E-state index contributed by atoms with van der Waals surface area (Å²) >= 11 is 0. The Balaban J connectivity index is 2.22. The quantitative estimate of drug-likeness (QED) is 0.916. The van der Waals surface area contributed by atoms with Gasteiger partial charge in [0.2, 0.25) is 0 Å². The van der Waals surface area contributed by atoms with Gasteiger partial charge >= 0.3 is 0 Å². The van der Waals surface area contributed by atoms with Gasteiger partial charge in [-0.2, -0.15) is 0 Å². The molecule has 2 nitrogen and oxygen atoms in total. The van der Waals surface area contributed by atoms with Crippen LogP contribution in [0.3, 0.4) is 0 Å². The van der Waals surface area contributed by atoms with Gasteiger partial charge in [0.25, 0.3) is 0 Å². The first-order chi connectivity index (χ1) is 9.48. The van der Waals surface area contributed by atoms with Crippen molar-refractivity contribution < 1.29 is 4.39 Å². The van der Waals surface area contributed by atoms with Crippen LogP contribution in [0.2, 0.25) is 0 Å². The smallest absolute Gasteiger partial charge is 0.126 e. The molecule has 2 rings (SSSR count). The van der Waals surface area contributed by atoms with E-state index in [2.05, 4.69) is 25.7 Å². The van der Waals surface area contributed by atoms with Crippen LogP contribution in [0.5, 0.6) is 0 Å². The van der Waals surface area contributed by atoms with Crippen molar-refractivity contribution >= 4 is 0 Å². The largest absolute Gasteiger partial charge is 0.329 e. The van der Waals surface area contributed by atoms with E-state index >= 15 is 0 Å². The molecule has 0 aliphatic carbocycles. The molecule has 3 heteroatoms. The molecule has 0 radical (unpaired) electrons. The highest BCUT2D eigenvalue weighted by atomic mass is 19.1. The Morgan fingerprint density at radius 1 is 1.35 bits per heavy atom. The van der Waals surface area contributed by atoms with Crippen LogP contribution in [0, 0.1) is 11.7 Å². The third-order valence-corrected chi connectivity index (χ3v) is 5.04. The molecular formula is C17H27FN2. The molecule has 1 aromatic rings. The van der Waals surface area contributed by atoms with Gasteiger partial charge in [-0.25, -0.2) is 4.39 Å². The van der Waals surface area contributed by atoms with Crippen LogP contribution in [0.25, 0.3) is 0 Å². The predicted molar refractivity (Wildman–Crippen MR) is 82.1 cm³/mol. The Hall–Kier alpha value is -0.930. The van der Waals surface area contributed by atoms with E-state index in [1.54, 1.807) is 6.07 Å². The van der Waals surface area contributed by atoms with Crippen molar-refractivity contribution in [2.45, 2.75) is 51.6 Å². The minimum atomic E-state index is -0.170. The third kappa shape index (κ3) is 3.04. The van der Waals surface area contributed by atoms with E-state index in [4.69, 9.17) is 5.73 Å². The zero-order valence-corrected chi connectivity index (χ0v) is 12.9. The lowest BCUT2D eigenvalue weighted by Gasteiger charge is -2.49. The van der Waals surface area contributed by atoms with Gasteiger partial charge in [0.15, 0.2) is 0 Å². The fourth-order valence-corrected chi connectivity index (χ4v) is 3.44. The van der Waals surface area contributed by atoms with Crippen LogP contribution in [0.1, 0.15) is 39.2 Å². The molecule has 1 aliphatic heterocycles. The first-order valence-electron chi connectivity index (χ1n) is 7.68. The molecule has 2 N–H and O–H groups in total. The lowest BCUT2D eigenvalue weighted by molar-refractivity contribution is 0.0143. The Morgan fingerprint density at radius 2 is 2.05 bits per heavy atom. The summed E-state index contributed by atoms with van der Waals surface area (Å²) in [7, 11) is 0. The second kappa shape index (κ2) is 6.23. The topological polar surface area (TPSA) is 29.3 Å². The van der Waals surface area contributed by atoms with Crippen molar-refractivity contribution in [1.82, 2.24) is 4.90 Å². The van der Waals surface area contributed by atoms with Gasteiger partial charge in [-0.15, -0.1) is 0 Å². The number of hydrogen-bond donors (Lipinski definition) is 1. The number of piperidine rings is 1. The monoisotopic (exact) mass is 278 g/mol. The van der Waals surface area contributed by atoms with Crippen molar-refractivity contribution in [3.05, 3.63) is 35.6 Å². The maximum absolute atomic E-state index is 13.9. The zero-order valence-electron chi connectivity index (χ0n) is 12.9. The highest BCUT2D eigenvalue weighted by Gasteiger charge is 2.38. The van der Waals surface area contributed by atoms with Gasteiger partial charge in [0.1, 0.15) is 5.82 Å². The number of benzene rings is 1. The van der Waals surface area contributed by atoms with E-state index in [9.17, 15) is 4.39 Å². The van der Waals surface area contributed by atoms with Crippen molar-refractivity contribution in [2.24, 2.45) is 11.7 Å². The summed E-state index contributed by atoms with van der Waals surface area (Å²) in [5.74, 6) is 0.556. The number of hydrogen-bond acceptors (Lipinski definition) is 2. The van der Waals surface area contributed by atoms with E-state index in [1.165, 1.54) is 18.9 Å². The maximum atomic E-state index is 13.9. The van der Waals surface area contributed by atoms with Crippen LogP contribution in [0.15, 0.2) is 24.3 Å². The number of likely N-dealkylation sites (tertiary alicyclic amines) is 1. The van der Waals surface area contributed by atoms with E-state index in [0.717, 1.165) is 12.1 Å². The summed E-state index contributed by atoms with van der Waals surface area (Å²) in [5.41, 5.74) is 6.68. The van der Waals surface area contributed by atoms with E-state index in [-0.39, 0.29) is 11.4 Å². The number of nitrogens with two attached hydrogens (primary N) is 1. The average molecular weight is 278 g/mol. The molecule has 0 aromatic heterocycles. The number of halogens is 1. The van der Waals surface area contributed by atoms with Crippen molar-refractivity contribution in [3.8, 4) is 0 Å². The first-order valence-corrected chi connectivity index (χ1v) is 7.68. The molecule has 1 fully saturated rings. The maximum Gasteiger partial charge on any atom is 0.126 e. The van der Waals surface area contributed by atoms with Gasteiger partial charge < -0.3 is 5.73 Å². The van der Waals surface area contributed by atoms with E-state index < -0.39 is 0 Å². The molecule has 0 saturated carbocycles. The molecule has 1 aromatic carbocycles. The summed E-state index contributed by atoms with van der Waals surface area (Å²) in [6, 6.07) is 7.56. The van der Waals surface area contributed by atoms with Gasteiger partial charge in [-0.05, 0) is 57.2 Å². The van der Waals surface area contributed by atoms with Gasteiger partial charge in [-0.3, -0.25) is 4.90 Å². The number of nitrogens with zero attached hydrogens (tertiary/aromatic N) is 1. The summed E-state index contributed by atoms with van der Waals surface area (Å²) in [6.45, 7) is 8.37. The van der Waals surface area contributed by atoms with E-state index in [1.807, 2.05) is 12.1 Å². The Bertz CT molecular complexity index is 448. The van der Waals surface area contributed by atoms with Gasteiger partial charge in [0.05, 0.1) is 0 Å². The fourth-order valence-electron chi connectivity index (χ4n) is 3.44. The molecule has 0 amide bonds. The normalized spacial score (nSPS) is 27.2. The third-order valence-electron chi connectivity index (χ3n) is 5.04. The van der Waals surface area contributed by atoms with Crippen molar-refractivity contribution in [1.29, 1.82) is 0 Å². The van der Waals surface area contributed by atoms with Crippen molar-refractivity contribution in [3.63, 3.8) is 0 Å². The predicted octanol–water partition coefficient (Wildman–Crippen LogP) is 3.21. The summed E-state index contributed by atoms with van der Waals surface area (Å²) < 4.78 is 13.9. The van der Waals surface area contributed by atoms with Crippen molar-refractivity contribution in [2.75, 3.05) is 13.1 Å². The summed E-state index contributed by atoms with van der Waals surface area (Å²) in [4.78, 5) is 2.49. The second-order valence-electron chi connectivity index (χ2n) is 6.52. The van der Waals surface area contributed by atoms with Crippen LogP contribution in [-0.2, 0) is 6.42 Å². The standard InChI is InChI=1S/C17H27FN2/c1-13-7-6-10-20(14(13)2)17(3,12-19)11-15-8-4-5-9-16(15)18/h4-5,8-9,13-14H,6-7,10-12,19H2,1-3H3. The zero-order chi connectivity index (χ0) is 14.8. The lowest BCUT2D eigenvalue weighted by Crippen LogP contribution is -2.59. The van der Waals surface area contributed by atoms with Crippen LogP contribution >= 0.6 is 0 Å². The summed E-state index contributed by atoms with van der Waals surface area (Å²) in [5, 5.41) is 0. The second-order valence-corrected chi connectivity index (χ2v) is 6.52. The molecule has 3 unspecified atom stereocenters. The SMILES string of the molecule is CC1CCCN(C(C)(CN)Cc2ccccc2F)C1C. The van der Waals surface area contributed by atoms with E-state index in [0.29, 0.717) is 24.9 Å². The Labute approximate surface area is 122 Å². The molecule has 0 spiro atoms. The minimum Gasteiger partial charge on any atom is -0.329 e. The molecule has 3 atom stereocenters. The Morgan fingerprint density at radius 3 is 2.70 bits per heavy atom. The first kappa shape index (κ1) is 15.5. The molecular weight excluding hydrogens is 251 g/mol. The minimum absolute atomic E-state index is 0.120. The Kier molecular flexibility index (Phi) is 4.82.